The zero-order chi connectivity index (χ0) is 14.2. The van der Waals surface area contributed by atoms with Crippen molar-refractivity contribution in [2.24, 2.45) is 0 Å². The Bertz CT molecular complexity index is 724. The van der Waals surface area contributed by atoms with E-state index in [9.17, 15) is 14.0 Å². The fraction of sp³-hybridized carbons (Fsp3) is 0.231. The summed E-state index contributed by atoms with van der Waals surface area (Å²) in [6.45, 7) is 2.14. The SMILES string of the molecule is Cc1cc2c(cc1F)c(=O)c(C(=O)O)cn2CCP. The minimum Gasteiger partial charge on any atom is -0.477 e. The second-order valence-electron chi connectivity index (χ2n) is 4.28. The van der Waals surface area contributed by atoms with Gasteiger partial charge in [0.25, 0.3) is 0 Å². The number of pyridine rings is 1. The van der Waals surface area contributed by atoms with Gasteiger partial charge in [0.2, 0.25) is 5.43 Å². The molecule has 4 nitrogen and oxygen atoms in total. The van der Waals surface area contributed by atoms with E-state index in [1.54, 1.807) is 17.6 Å². The van der Waals surface area contributed by atoms with Gasteiger partial charge in [-0.1, -0.05) is 0 Å². The number of carboxylic acids is 1. The summed E-state index contributed by atoms with van der Waals surface area (Å²) >= 11 is 0. The molecule has 19 heavy (non-hydrogen) atoms. The number of aromatic nitrogens is 1. The Balaban J connectivity index is 2.92. The van der Waals surface area contributed by atoms with Gasteiger partial charge in [0.1, 0.15) is 11.4 Å². The zero-order valence-electron chi connectivity index (χ0n) is 10.3. The number of carboxylic acid groups (broad SMARTS) is 1. The molecule has 0 fully saturated rings. The summed E-state index contributed by atoms with van der Waals surface area (Å²) in [6, 6.07) is 2.68. The van der Waals surface area contributed by atoms with Crippen molar-refractivity contribution in [2.75, 3.05) is 6.16 Å². The number of carbonyl (C=O) groups is 1. The summed E-state index contributed by atoms with van der Waals surface area (Å²) in [4.78, 5) is 23.1. The minimum absolute atomic E-state index is 0.0986. The highest BCUT2D eigenvalue weighted by atomic mass is 31.0. The molecule has 0 aliphatic heterocycles. The van der Waals surface area contributed by atoms with E-state index >= 15 is 0 Å². The van der Waals surface area contributed by atoms with Gasteiger partial charge in [0.15, 0.2) is 0 Å². The molecule has 1 aromatic heterocycles. The number of rotatable bonds is 3. The van der Waals surface area contributed by atoms with E-state index in [1.165, 1.54) is 6.20 Å². The summed E-state index contributed by atoms with van der Waals surface area (Å²) in [5.41, 5.74) is -0.0144. The van der Waals surface area contributed by atoms with E-state index < -0.39 is 17.2 Å². The lowest BCUT2D eigenvalue weighted by Gasteiger charge is -2.12. The van der Waals surface area contributed by atoms with Gasteiger partial charge in [-0.25, -0.2) is 9.18 Å². The van der Waals surface area contributed by atoms with Crippen molar-refractivity contribution in [1.29, 1.82) is 0 Å². The van der Waals surface area contributed by atoms with Gasteiger partial charge in [-0.15, -0.1) is 9.24 Å². The molecule has 100 valence electrons. The lowest BCUT2D eigenvalue weighted by atomic mass is 10.1. The van der Waals surface area contributed by atoms with Crippen molar-refractivity contribution < 1.29 is 14.3 Å². The minimum atomic E-state index is -1.30. The number of nitrogens with zero attached hydrogens (tertiary/aromatic N) is 1. The third-order valence-corrected chi connectivity index (χ3v) is 3.22. The van der Waals surface area contributed by atoms with Gasteiger partial charge in [-0.3, -0.25) is 4.79 Å². The van der Waals surface area contributed by atoms with Crippen molar-refractivity contribution in [3.05, 3.63) is 45.5 Å². The van der Waals surface area contributed by atoms with Gasteiger partial charge in [0, 0.05) is 18.1 Å². The van der Waals surface area contributed by atoms with Crippen LogP contribution in [0, 0.1) is 12.7 Å². The van der Waals surface area contributed by atoms with E-state index in [4.69, 9.17) is 5.11 Å². The first kappa shape index (κ1) is 13.7. The van der Waals surface area contributed by atoms with Gasteiger partial charge >= 0.3 is 5.97 Å². The molecule has 0 aliphatic rings. The standard InChI is InChI=1S/C13H13FNO3P/c1-7-4-11-8(5-10(7)14)12(16)9(13(17)18)6-15(11)2-3-19/h4-6H,2-3,19H2,1H3,(H,17,18). The first-order valence-corrected chi connectivity index (χ1v) is 6.54. The predicted octanol–water partition coefficient (Wildman–Crippen LogP) is 2.02. The second kappa shape index (κ2) is 5.10. The highest BCUT2D eigenvalue weighted by molar-refractivity contribution is 7.16. The molecule has 0 spiro atoms. The molecule has 0 bridgehead atoms. The lowest BCUT2D eigenvalue weighted by Crippen LogP contribution is -2.19. The third-order valence-electron chi connectivity index (χ3n) is 2.96. The van der Waals surface area contributed by atoms with Crippen LogP contribution in [-0.2, 0) is 6.54 Å². The monoisotopic (exact) mass is 281 g/mol. The fourth-order valence-corrected chi connectivity index (χ4v) is 2.27. The van der Waals surface area contributed by atoms with Crippen LogP contribution < -0.4 is 5.43 Å². The average molecular weight is 281 g/mol. The summed E-state index contributed by atoms with van der Waals surface area (Å²) in [7, 11) is 2.53. The van der Waals surface area contributed by atoms with E-state index in [0.717, 1.165) is 6.07 Å². The van der Waals surface area contributed by atoms with Gasteiger partial charge in [-0.2, -0.15) is 0 Å². The highest BCUT2D eigenvalue weighted by Crippen LogP contribution is 2.17. The Morgan fingerprint density at radius 3 is 2.74 bits per heavy atom. The highest BCUT2D eigenvalue weighted by Gasteiger charge is 2.15. The second-order valence-corrected chi connectivity index (χ2v) is 4.86. The van der Waals surface area contributed by atoms with Crippen LogP contribution in [0.2, 0.25) is 0 Å². The zero-order valence-corrected chi connectivity index (χ0v) is 11.5. The maximum atomic E-state index is 13.6. The normalized spacial score (nSPS) is 10.9. The molecule has 1 atom stereocenters. The van der Waals surface area contributed by atoms with E-state index in [0.29, 0.717) is 23.8 Å². The van der Waals surface area contributed by atoms with Crippen LogP contribution in [0.1, 0.15) is 15.9 Å². The number of hydrogen-bond donors (Lipinski definition) is 1. The first-order valence-electron chi connectivity index (χ1n) is 5.72. The Labute approximate surface area is 111 Å². The largest absolute Gasteiger partial charge is 0.477 e. The quantitative estimate of drug-likeness (QED) is 0.876. The number of aryl methyl sites for hydroxylation is 2. The average Bonchev–Trinajstić information content (AvgIpc) is 2.35. The Morgan fingerprint density at radius 1 is 1.47 bits per heavy atom. The van der Waals surface area contributed by atoms with Gasteiger partial charge in [0.05, 0.1) is 5.52 Å². The lowest BCUT2D eigenvalue weighted by molar-refractivity contribution is 0.0695. The van der Waals surface area contributed by atoms with Crippen LogP contribution in [0.5, 0.6) is 0 Å². The van der Waals surface area contributed by atoms with Crippen molar-refractivity contribution in [3.63, 3.8) is 0 Å². The predicted molar refractivity (Wildman–Crippen MR) is 74.4 cm³/mol. The molecule has 0 saturated carbocycles. The van der Waals surface area contributed by atoms with Gasteiger partial charge in [-0.05, 0) is 30.8 Å². The molecule has 1 unspecified atom stereocenters. The van der Waals surface area contributed by atoms with Crippen LogP contribution in [0.15, 0.2) is 23.1 Å². The molecule has 0 amide bonds. The number of benzene rings is 1. The molecule has 2 aromatic rings. The van der Waals surface area contributed by atoms with Crippen LogP contribution >= 0.6 is 9.24 Å². The summed E-state index contributed by atoms with van der Waals surface area (Å²) in [5.74, 6) is -1.81. The van der Waals surface area contributed by atoms with E-state index in [2.05, 4.69) is 9.24 Å². The molecule has 2 rings (SSSR count). The third kappa shape index (κ3) is 2.38. The fourth-order valence-electron chi connectivity index (χ4n) is 1.99. The van der Waals surface area contributed by atoms with Gasteiger partial charge < -0.3 is 9.67 Å². The first-order chi connectivity index (χ1) is 8.95. The number of hydrogen-bond acceptors (Lipinski definition) is 2. The topological polar surface area (TPSA) is 59.3 Å². The molecule has 0 saturated heterocycles. The molecular weight excluding hydrogens is 268 g/mol. The van der Waals surface area contributed by atoms with Crippen molar-refractivity contribution in [3.8, 4) is 0 Å². The summed E-state index contributed by atoms with van der Waals surface area (Å²) in [6.07, 6.45) is 2.02. The maximum Gasteiger partial charge on any atom is 0.341 e. The summed E-state index contributed by atoms with van der Waals surface area (Å²) < 4.78 is 15.2. The van der Waals surface area contributed by atoms with Crippen molar-refractivity contribution >= 4 is 26.1 Å². The Hall–Kier alpha value is -1.74. The molecule has 0 radical (unpaired) electrons. The van der Waals surface area contributed by atoms with Crippen LogP contribution in [0.25, 0.3) is 10.9 Å². The van der Waals surface area contributed by atoms with Crippen LogP contribution in [0.4, 0.5) is 4.39 Å². The van der Waals surface area contributed by atoms with Crippen molar-refractivity contribution in [1.82, 2.24) is 4.57 Å². The molecule has 1 N–H and O–H groups in total. The molecule has 1 aromatic carbocycles. The van der Waals surface area contributed by atoms with Crippen molar-refractivity contribution in [2.45, 2.75) is 13.5 Å². The summed E-state index contributed by atoms with van der Waals surface area (Å²) in [5, 5.41) is 9.13. The molecular formula is C13H13FNO3P. The smallest absolute Gasteiger partial charge is 0.341 e. The molecule has 6 heteroatoms. The maximum absolute atomic E-state index is 13.6. The Kier molecular flexibility index (Phi) is 3.67. The molecule has 0 aliphatic carbocycles. The Morgan fingerprint density at radius 2 is 2.16 bits per heavy atom. The number of fused-ring (bicyclic) bond motifs is 1. The van der Waals surface area contributed by atoms with Crippen LogP contribution in [-0.4, -0.2) is 21.8 Å². The van der Waals surface area contributed by atoms with Crippen LogP contribution in [0.3, 0.4) is 0 Å². The number of aromatic carboxylic acids is 1. The number of halogens is 1. The van der Waals surface area contributed by atoms with E-state index in [1.807, 2.05) is 0 Å². The van der Waals surface area contributed by atoms with E-state index in [-0.39, 0.29) is 10.9 Å². The molecule has 1 heterocycles.